The van der Waals surface area contributed by atoms with E-state index in [4.69, 9.17) is 5.73 Å². The van der Waals surface area contributed by atoms with Crippen LogP contribution in [0.25, 0.3) is 0 Å². The summed E-state index contributed by atoms with van der Waals surface area (Å²) in [6, 6.07) is 6.41. The number of carbonyl (C=O) groups is 2. The summed E-state index contributed by atoms with van der Waals surface area (Å²) in [6.45, 7) is 6.01. The molecule has 2 aromatic rings. The SMILES string of the molecule is C=CCNc1nnc(SC(C)C(=O)Nc2ccc(C(N)=O)cc2)s1. The average Bonchev–Trinajstić information content (AvgIpc) is 3.00. The normalized spacial score (nSPS) is 11.5. The van der Waals surface area contributed by atoms with Gasteiger partial charge >= 0.3 is 0 Å². The van der Waals surface area contributed by atoms with Crippen LogP contribution in [0, 0.1) is 0 Å². The lowest BCUT2D eigenvalue weighted by Gasteiger charge is -2.10. The standard InChI is InChI=1S/C15H17N5O2S2/c1-3-8-17-14-19-20-15(24-14)23-9(2)13(22)18-11-6-4-10(5-7-11)12(16)21/h3-7,9H,1,8H2,2H3,(H2,16,21)(H,17,19)(H,18,22). The maximum atomic E-state index is 12.2. The van der Waals surface area contributed by atoms with Crippen molar-refractivity contribution in [2.75, 3.05) is 17.2 Å². The summed E-state index contributed by atoms with van der Waals surface area (Å²) >= 11 is 2.71. The van der Waals surface area contributed by atoms with Gasteiger partial charge in [0.25, 0.3) is 0 Å². The van der Waals surface area contributed by atoms with Crippen LogP contribution in [-0.4, -0.2) is 33.8 Å². The van der Waals surface area contributed by atoms with E-state index >= 15 is 0 Å². The van der Waals surface area contributed by atoms with E-state index in [0.29, 0.717) is 27.3 Å². The maximum absolute atomic E-state index is 12.2. The fourth-order valence-electron chi connectivity index (χ4n) is 1.65. The summed E-state index contributed by atoms with van der Waals surface area (Å²) < 4.78 is 0.702. The van der Waals surface area contributed by atoms with Crippen molar-refractivity contribution in [3.8, 4) is 0 Å². The molecule has 0 saturated heterocycles. The molecular formula is C15H17N5O2S2. The zero-order valence-corrected chi connectivity index (χ0v) is 14.6. The van der Waals surface area contributed by atoms with Crippen molar-refractivity contribution in [1.82, 2.24) is 10.2 Å². The Labute approximate surface area is 147 Å². The summed E-state index contributed by atoms with van der Waals surface area (Å²) in [5.74, 6) is -0.670. The van der Waals surface area contributed by atoms with Crippen molar-refractivity contribution in [2.45, 2.75) is 16.5 Å². The Morgan fingerprint density at radius 2 is 2.08 bits per heavy atom. The van der Waals surface area contributed by atoms with Crippen LogP contribution in [0.15, 0.2) is 41.3 Å². The molecule has 1 aromatic heterocycles. The van der Waals surface area contributed by atoms with Crippen molar-refractivity contribution in [2.24, 2.45) is 5.73 Å². The molecule has 0 aliphatic rings. The molecule has 1 atom stereocenters. The van der Waals surface area contributed by atoms with Gasteiger partial charge in [-0.25, -0.2) is 0 Å². The van der Waals surface area contributed by atoms with E-state index in [-0.39, 0.29) is 11.2 Å². The second-order valence-corrected chi connectivity index (χ2v) is 7.30. The summed E-state index contributed by atoms with van der Waals surface area (Å²) in [7, 11) is 0. The molecule has 0 fully saturated rings. The number of aromatic nitrogens is 2. The predicted molar refractivity (Wildman–Crippen MR) is 97.5 cm³/mol. The van der Waals surface area contributed by atoms with E-state index in [1.807, 2.05) is 0 Å². The number of carbonyl (C=O) groups excluding carboxylic acids is 2. The molecule has 0 spiro atoms. The molecule has 4 N–H and O–H groups in total. The molecule has 0 saturated carbocycles. The van der Waals surface area contributed by atoms with Crippen molar-refractivity contribution in [3.05, 3.63) is 42.5 Å². The van der Waals surface area contributed by atoms with Crippen molar-refractivity contribution >= 4 is 45.7 Å². The van der Waals surface area contributed by atoms with E-state index in [9.17, 15) is 9.59 Å². The minimum Gasteiger partial charge on any atom is -0.366 e. The van der Waals surface area contributed by atoms with E-state index in [0.717, 1.165) is 0 Å². The number of nitrogens with one attached hydrogen (secondary N) is 2. The molecule has 0 aliphatic carbocycles. The molecule has 1 aromatic carbocycles. The number of rotatable bonds is 8. The zero-order chi connectivity index (χ0) is 17.5. The van der Waals surface area contributed by atoms with Gasteiger partial charge in [0.05, 0.1) is 5.25 Å². The van der Waals surface area contributed by atoms with Crippen LogP contribution in [-0.2, 0) is 4.79 Å². The second-order valence-electron chi connectivity index (χ2n) is 4.73. The molecule has 9 heteroatoms. The minimum atomic E-state index is -0.506. The van der Waals surface area contributed by atoms with Crippen molar-refractivity contribution < 1.29 is 9.59 Å². The Balaban J connectivity index is 1.90. The van der Waals surface area contributed by atoms with E-state index in [1.165, 1.54) is 23.1 Å². The molecule has 7 nitrogen and oxygen atoms in total. The Morgan fingerprint density at radius 1 is 1.38 bits per heavy atom. The van der Waals surface area contributed by atoms with E-state index in [1.54, 1.807) is 37.3 Å². The average molecular weight is 363 g/mol. The topological polar surface area (TPSA) is 110 Å². The smallest absolute Gasteiger partial charge is 0.248 e. The number of hydrogen-bond acceptors (Lipinski definition) is 7. The van der Waals surface area contributed by atoms with Crippen LogP contribution >= 0.6 is 23.1 Å². The van der Waals surface area contributed by atoms with Crippen LogP contribution in [0.3, 0.4) is 0 Å². The lowest BCUT2D eigenvalue weighted by molar-refractivity contribution is -0.115. The largest absolute Gasteiger partial charge is 0.366 e. The lowest BCUT2D eigenvalue weighted by atomic mass is 10.2. The quantitative estimate of drug-likeness (QED) is 0.490. The third-order valence-corrected chi connectivity index (χ3v) is 4.95. The van der Waals surface area contributed by atoms with Gasteiger partial charge in [-0.05, 0) is 31.2 Å². The second kappa shape index (κ2) is 8.46. The molecule has 0 radical (unpaired) electrons. The Kier molecular flexibility index (Phi) is 6.33. The highest BCUT2D eigenvalue weighted by Crippen LogP contribution is 2.29. The van der Waals surface area contributed by atoms with Gasteiger partial charge in [0, 0.05) is 17.8 Å². The fraction of sp³-hybridized carbons (Fsp3) is 0.200. The molecule has 126 valence electrons. The van der Waals surface area contributed by atoms with Gasteiger partial charge < -0.3 is 16.4 Å². The molecule has 24 heavy (non-hydrogen) atoms. The predicted octanol–water partition coefficient (Wildman–Crippen LogP) is 2.35. The molecule has 0 aliphatic heterocycles. The monoisotopic (exact) mass is 363 g/mol. The number of nitrogens with two attached hydrogens (primary N) is 1. The van der Waals surface area contributed by atoms with Crippen LogP contribution < -0.4 is 16.4 Å². The number of amides is 2. The lowest BCUT2D eigenvalue weighted by Crippen LogP contribution is -2.22. The number of benzene rings is 1. The van der Waals surface area contributed by atoms with Gasteiger partial charge in [0.1, 0.15) is 0 Å². The first-order chi connectivity index (χ1) is 11.5. The molecular weight excluding hydrogens is 346 g/mol. The molecule has 2 rings (SSSR count). The van der Waals surface area contributed by atoms with Gasteiger partial charge in [-0.15, -0.1) is 16.8 Å². The van der Waals surface area contributed by atoms with Gasteiger partial charge in [0.15, 0.2) is 4.34 Å². The van der Waals surface area contributed by atoms with Crippen molar-refractivity contribution in [1.29, 1.82) is 0 Å². The number of primary amides is 1. The summed E-state index contributed by atoms with van der Waals surface area (Å²) in [4.78, 5) is 23.2. The highest BCUT2D eigenvalue weighted by molar-refractivity contribution is 8.02. The van der Waals surface area contributed by atoms with Crippen LogP contribution in [0.2, 0.25) is 0 Å². The first kappa shape index (κ1) is 18.0. The first-order valence-electron chi connectivity index (χ1n) is 7.05. The first-order valence-corrected chi connectivity index (χ1v) is 8.75. The minimum absolute atomic E-state index is 0.164. The van der Waals surface area contributed by atoms with Gasteiger partial charge in [-0.2, -0.15) is 0 Å². The van der Waals surface area contributed by atoms with Crippen LogP contribution in [0.5, 0.6) is 0 Å². The number of anilines is 2. The van der Waals surface area contributed by atoms with Gasteiger partial charge in [-0.3, -0.25) is 9.59 Å². The van der Waals surface area contributed by atoms with Gasteiger partial charge in [0.2, 0.25) is 16.9 Å². The zero-order valence-electron chi connectivity index (χ0n) is 13.0. The Hall–Kier alpha value is -2.39. The number of hydrogen-bond donors (Lipinski definition) is 3. The van der Waals surface area contributed by atoms with Crippen LogP contribution in [0.4, 0.5) is 10.8 Å². The molecule has 0 bridgehead atoms. The Bertz CT molecular complexity index is 730. The van der Waals surface area contributed by atoms with Gasteiger partial charge in [-0.1, -0.05) is 29.2 Å². The fourth-order valence-corrected chi connectivity index (χ4v) is 3.56. The number of nitrogens with zero attached hydrogens (tertiary/aromatic N) is 2. The van der Waals surface area contributed by atoms with E-state index < -0.39 is 5.91 Å². The number of thioether (sulfide) groups is 1. The third-order valence-electron chi connectivity index (χ3n) is 2.89. The summed E-state index contributed by atoms with van der Waals surface area (Å²) in [6.07, 6.45) is 1.73. The molecule has 1 heterocycles. The van der Waals surface area contributed by atoms with E-state index in [2.05, 4.69) is 27.4 Å². The summed E-state index contributed by atoms with van der Waals surface area (Å²) in [5.41, 5.74) is 6.17. The highest BCUT2D eigenvalue weighted by atomic mass is 32.2. The highest BCUT2D eigenvalue weighted by Gasteiger charge is 2.17. The molecule has 2 amide bonds. The third kappa shape index (κ3) is 5.07. The summed E-state index contributed by atoms with van der Waals surface area (Å²) in [5, 5.41) is 14.2. The Morgan fingerprint density at radius 3 is 2.71 bits per heavy atom. The van der Waals surface area contributed by atoms with Crippen LogP contribution in [0.1, 0.15) is 17.3 Å². The molecule has 1 unspecified atom stereocenters. The van der Waals surface area contributed by atoms with Crippen molar-refractivity contribution in [3.63, 3.8) is 0 Å². The maximum Gasteiger partial charge on any atom is 0.248 e.